The number of benzene rings is 1. The molecule has 1 aromatic rings. The predicted octanol–water partition coefficient (Wildman–Crippen LogP) is 1.25. The average Bonchev–Trinajstić information content (AvgIpc) is 2.35. The highest BCUT2D eigenvalue weighted by Gasteiger charge is 2.29. The molecule has 18 heavy (non-hydrogen) atoms. The molecular weight excluding hydrogens is 244 g/mol. The van der Waals surface area contributed by atoms with Crippen molar-refractivity contribution >= 4 is 5.97 Å². The molecule has 1 fully saturated rings. The fraction of sp³-hybridized carbons (Fsp3) is 0.417. The van der Waals surface area contributed by atoms with Gasteiger partial charge in [-0.3, -0.25) is 9.69 Å². The maximum absolute atomic E-state index is 13.5. The van der Waals surface area contributed by atoms with Crippen LogP contribution in [0.15, 0.2) is 18.2 Å². The van der Waals surface area contributed by atoms with E-state index in [-0.39, 0.29) is 18.7 Å². The van der Waals surface area contributed by atoms with Crippen LogP contribution in [0.25, 0.3) is 0 Å². The highest BCUT2D eigenvalue weighted by molar-refractivity contribution is 5.73. The summed E-state index contributed by atoms with van der Waals surface area (Å²) in [5.41, 5.74) is 0.156. The number of hydrogen-bond donors (Lipinski definition) is 1. The van der Waals surface area contributed by atoms with Crippen LogP contribution in [0.2, 0.25) is 0 Å². The Morgan fingerprint density at radius 1 is 1.50 bits per heavy atom. The summed E-state index contributed by atoms with van der Waals surface area (Å²) < 4.78 is 31.6. The van der Waals surface area contributed by atoms with Crippen molar-refractivity contribution < 1.29 is 23.4 Å². The monoisotopic (exact) mass is 257 g/mol. The van der Waals surface area contributed by atoms with Crippen LogP contribution in [0.4, 0.5) is 8.78 Å². The van der Waals surface area contributed by atoms with Gasteiger partial charge in [-0.05, 0) is 6.07 Å². The third kappa shape index (κ3) is 2.65. The largest absolute Gasteiger partial charge is 0.480 e. The third-order valence-corrected chi connectivity index (χ3v) is 2.93. The first-order valence-electron chi connectivity index (χ1n) is 5.57. The van der Waals surface area contributed by atoms with Crippen molar-refractivity contribution in [3.05, 3.63) is 35.4 Å². The summed E-state index contributed by atoms with van der Waals surface area (Å²) in [5.74, 6) is -2.87. The Bertz CT molecular complexity index is 453. The van der Waals surface area contributed by atoms with E-state index in [1.807, 2.05) is 0 Å². The maximum atomic E-state index is 13.5. The van der Waals surface area contributed by atoms with Crippen LogP contribution in [0.5, 0.6) is 0 Å². The fourth-order valence-corrected chi connectivity index (χ4v) is 1.94. The zero-order valence-electron chi connectivity index (χ0n) is 9.60. The molecule has 6 heteroatoms. The van der Waals surface area contributed by atoms with E-state index >= 15 is 0 Å². The molecule has 0 aliphatic carbocycles. The van der Waals surface area contributed by atoms with Crippen molar-refractivity contribution in [1.29, 1.82) is 0 Å². The molecule has 1 aromatic carbocycles. The third-order valence-electron chi connectivity index (χ3n) is 2.93. The molecular formula is C12H13F2NO3. The SMILES string of the molecule is O=C(O)C1COCCN1Cc1cccc(F)c1F. The van der Waals surface area contributed by atoms with Crippen molar-refractivity contribution in [2.45, 2.75) is 12.6 Å². The molecule has 0 spiro atoms. The number of morpholine rings is 1. The van der Waals surface area contributed by atoms with E-state index in [2.05, 4.69) is 0 Å². The van der Waals surface area contributed by atoms with E-state index < -0.39 is 23.6 Å². The summed E-state index contributed by atoms with van der Waals surface area (Å²) >= 11 is 0. The van der Waals surface area contributed by atoms with Gasteiger partial charge >= 0.3 is 5.97 Å². The first-order chi connectivity index (χ1) is 8.59. The minimum atomic E-state index is -1.02. The highest BCUT2D eigenvalue weighted by atomic mass is 19.2. The Kier molecular flexibility index (Phi) is 3.88. The first kappa shape index (κ1) is 12.9. The molecule has 0 amide bonds. The molecule has 1 atom stereocenters. The van der Waals surface area contributed by atoms with E-state index in [0.717, 1.165) is 6.07 Å². The minimum Gasteiger partial charge on any atom is -0.480 e. The molecule has 1 heterocycles. The second kappa shape index (κ2) is 5.41. The van der Waals surface area contributed by atoms with Crippen molar-refractivity contribution in [2.75, 3.05) is 19.8 Å². The smallest absolute Gasteiger partial charge is 0.323 e. The van der Waals surface area contributed by atoms with Crippen molar-refractivity contribution in [2.24, 2.45) is 0 Å². The van der Waals surface area contributed by atoms with Gasteiger partial charge < -0.3 is 9.84 Å². The predicted molar refractivity (Wildman–Crippen MR) is 59.0 cm³/mol. The van der Waals surface area contributed by atoms with Gasteiger partial charge in [0.1, 0.15) is 6.04 Å². The summed E-state index contributed by atoms with van der Waals surface area (Å²) in [5, 5.41) is 9.02. The van der Waals surface area contributed by atoms with Crippen LogP contribution in [0, 0.1) is 11.6 Å². The normalized spacial score (nSPS) is 20.9. The van der Waals surface area contributed by atoms with Gasteiger partial charge in [-0.25, -0.2) is 8.78 Å². The van der Waals surface area contributed by atoms with Crippen LogP contribution in [0.1, 0.15) is 5.56 Å². The van der Waals surface area contributed by atoms with Crippen molar-refractivity contribution in [3.8, 4) is 0 Å². The van der Waals surface area contributed by atoms with Gasteiger partial charge in [0, 0.05) is 18.7 Å². The number of halogens is 2. The van der Waals surface area contributed by atoms with Gasteiger partial charge in [-0.2, -0.15) is 0 Å². The second-order valence-electron chi connectivity index (χ2n) is 4.11. The topological polar surface area (TPSA) is 49.8 Å². The standard InChI is InChI=1S/C12H13F2NO3/c13-9-3-1-2-8(11(9)14)6-15-4-5-18-7-10(15)12(16)17/h1-3,10H,4-7H2,(H,16,17). The second-order valence-corrected chi connectivity index (χ2v) is 4.11. The minimum absolute atomic E-state index is 0.0594. The van der Waals surface area contributed by atoms with Crippen LogP contribution >= 0.6 is 0 Å². The molecule has 0 radical (unpaired) electrons. The van der Waals surface area contributed by atoms with Gasteiger partial charge in [0.2, 0.25) is 0 Å². The van der Waals surface area contributed by atoms with Gasteiger partial charge in [-0.1, -0.05) is 12.1 Å². The van der Waals surface area contributed by atoms with E-state index in [1.54, 1.807) is 4.90 Å². The molecule has 1 unspecified atom stereocenters. The van der Waals surface area contributed by atoms with Gasteiger partial charge in [0.15, 0.2) is 11.6 Å². The number of aliphatic carboxylic acids is 1. The number of rotatable bonds is 3. The van der Waals surface area contributed by atoms with E-state index in [4.69, 9.17) is 9.84 Å². The Morgan fingerprint density at radius 2 is 2.28 bits per heavy atom. The Balaban J connectivity index is 2.16. The number of hydrogen-bond acceptors (Lipinski definition) is 3. The van der Waals surface area contributed by atoms with Crippen molar-refractivity contribution in [3.63, 3.8) is 0 Å². The lowest BCUT2D eigenvalue weighted by Crippen LogP contribution is -2.49. The molecule has 98 valence electrons. The number of carboxylic acid groups (broad SMARTS) is 1. The van der Waals surface area contributed by atoms with E-state index in [0.29, 0.717) is 13.2 Å². The van der Waals surface area contributed by atoms with Crippen LogP contribution in [0.3, 0.4) is 0 Å². The Morgan fingerprint density at radius 3 is 3.00 bits per heavy atom. The Labute approximate surface area is 103 Å². The van der Waals surface area contributed by atoms with Gasteiger partial charge in [-0.15, -0.1) is 0 Å². The van der Waals surface area contributed by atoms with Gasteiger partial charge in [0.05, 0.1) is 13.2 Å². The van der Waals surface area contributed by atoms with Crippen LogP contribution in [-0.2, 0) is 16.1 Å². The molecule has 4 nitrogen and oxygen atoms in total. The summed E-state index contributed by atoms with van der Waals surface area (Å²) in [7, 11) is 0. The number of carboxylic acids is 1. The highest BCUT2D eigenvalue weighted by Crippen LogP contribution is 2.17. The molecule has 0 saturated carbocycles. The summed E-state index contributed by atoms with van der Waals surface area (Å²) in [6, 6.07) is 3.07. The summed E-state index contributed by atoms with van der Waals surface area (Å²) in [6.07, 6.45) is 0. The first-order valence-corrected chi connectivity index (χ1v) is 5.57. The Hall–Kier alpha value is -1.53. The average molecular weight is 257 g/mol. The zero-order chi connectivity index (χ0) is 13.1. The van der Waals surface area contributed by atoms with Crippen LogP contribution in [-0.4, -0.2) is 41.8 Å². The van der Waals surface area contributed by atoms with E-state index in [1.165, 1.54) is 12.1 Å². The molecule has 1 saturated heterocycles. The number of ether oxygens (including phenoxy) is 1. The molecule has 1 aliphatic heterocycles. The maximum Gasteiger partial charge on any atom is 0.323 e. The zero-order valence-corrected chi connectivity index (χ0v) is 9.60. The lowest BCUT2D eigenvalue weighted by atomic mass is 10.1. The fourth-order valence-electron chi connectivity index (χ4n) is 1.94. The molecule has 0 bridgehead atoms. The summed E-state index contributed by atoms with van der Waals surface area (Å²) in [6.45, 7) is 0.893. The molecule has 1 aliphatic rings. The molecule has 1 N–H and O–H groups in total. The van der Waals surface area contributed by atoms with Gasteiger partial charge in [0.25, 0.3) is 0 Å². The van der Waals surface area contributed by atoms with E-state index in [9.17, 15) is 13.6 Å². The molecule has 2 rings (SSSR count). The molecule has 0 aromatic heterocycles. The van der Waals surface area contributed by atoms with Crippen LogP contribution < -0.4 is 0 Å². The number of carbonyl (C=O) groups is 1. The van der Waals surface area contributed by atoms with Crippen molar-refractivity contribution in [1.82, 2.24) is 4.90 Å². The summed E-state index contributed by atoms with van der Waals surface area (Å²) in [4.78, 5) is 12.6. The lowest BCUT2D eigenvalue weighted by Gasteiger charge is -2.32. The quantitative estimate of drug-likeness (QED) is 0.885. The lowest BCUT2D eigenvalue weighted by molar-refractivity contribution is -0.150. The number of nitrogens with zero attached hydrogens (tertiary/aromatic N) is 1.